The monoisotopic (exact) mass is 398 g/mol. The highest BCUT2D eigenvalue weighted by Gasteiger charge is 2.36. The number of piperidine rings is 3. The van der Waals surface area contributed by atoms with E-state index in [-0.39, 0.29) is 23.1 Å². The van der Waals surface area contributed by atoms with Crippen LogP contribution < -0.4 is 15.8 Å². The lowest BCUT2D eigenvalue weighted by Gasteiger charge is -2.44. The molecule has 3 N–H and O–H groups in total. The van der Waals surface area contributed by atoms with Crippen molar-refractivity contribution in [1.29, 1.82) is 0 Å². The summed E-state index contributed by atoms with van der Waals surface area (Å²) in [6.07, 6.45) is 7.16. The molecule has 150 valence electrons. The zero-order valence-corrected chi connectivity index (χ0v) is 15.5. The van der Waals surface area contributed by atoms with E-state index in [0.29, 0.717) is 17.5 Å². The van der Waals surface area contributed by atoms with E-state index in [0.717, 1.165) is 49.4 Å². The van der Waals surface area contributed by atoms with Gasteiger partial charge in [0.1, 0.15) is 23.7 Å². The summed E-state index contributed by atoms with van der Waals surface area (Å²) in [6.45, 7) is 3.04. The normalized spacial score (nSPS) is 23.3. The van der Waals surface area contributed by atoms with E-state index in [9.17, 15) is 9.18 Å². The first-order valence-corrected chi connectivity index (χ1v) is 9.38. The Balaban J connectivity index is 1.40. The largest absolute Gasteiger partial charge is 0.471 e. The number of anilines is 2. The van der Waals surface area contributed by atoms with Crippen LogP contribution in [0.4, 0.5) is 15.9 Å². The van der Waals surface area contributed by atoms with E-state index in [2.05, 4.69) is 30.3 Å². The van der Waals surface area contributed by atoms with Crippen molar-refractivity contribution in [2.24, 2.45) is 5.92 Å². The molecule has 3 aromatic heterocycles. The molecule has 10 nitrogen and oxygen atoms in total. The molecule has 3 aromatic rings. The second-order valence-electron chi connectivity index (χ2n) is 7.29. The number of carbonyl (C=O) groups is 1. The highest BCUT2D eigenvalue weighted by Crippen LogP contribution is 2.32. The molecule has 0 aliphatic carbocycles. The van der Waals surface area contributed by atoms with Gasteiger partial charge in [0.2, 0.25) is 5.88 Å². The quantitative estimate of drug-likeness (QED) is 0.666. The zero-order valence-electron chi connectivity index (χ0n) is 15.5. The number of nitrogens with one attached hydrogen (secondary N) is 1. The molecule has 2 bridgehead atoms. The Labute approximate surface area is 164 Å². The van der Waals surface area contributed by atoms with Crippen LogP contribution in [0.2, 0.25) is 0 Å². The predicted molar refractivity (Wildman–Crippen MR) is 101 cm³/mol. The van der Waals surface area contributed by atoms with Gasteiger partial charge in [-0.25, -0.2) is 18.9 Å². The van der Waals surface area contributed by atoms with E-state index in [1.165, 1.54) is 12.5 Å². The van der Waals surface area contributed by atoms with E-state index >= 15 is 0 Å². The maximum absolute atomic E-state index is 13.4. The summed E-state index contributed by atoms with van der Waals surface area (Å²) >= 11 is 0. The van der Waals surface area contributed by atoms with Gasteiger partial charge in [-0.15, -0.1) is 5.10 Å². The fourth-order valence-electron chi connectivity index (χ4n) is 4.02. The number of amides is 1. The first-order chi connectivity index (χ1) is 14.1. The maximum atomic E-state index is 13.4. The predicted octanol–water partition coefficient (Wildman–Crippen LogP) is 0.966. The van der Waals surface area contributed by atoms with Crippen molar-refractivity contribution in [2.45, 2.75) is 18.9 Å². The summed E-state index contributed by atoms with van der Waals surface area (Å²) in [5.41, 5.74) is 6.39. The van der Waals surface area contributed by atoms with Gasteiger partial charge in [0, 0.05) is 6.54 Å². The van der Waals surface area contributed by atoms with Crippen molar-refractivity contribution in [3.05, 3.63) is 36.3 Å². The molecule has 6 heterocycles. The molecule has 0 radical (unpaired) electrons. The Morgan fingerprint density at radius 2 is 2.10 bits per heavy atom. The molecule has 3 fully saturated rings. The molecule has 6 rings (SSSR count). The number of halogens is 1. The molecule has 3 aliphatic rings. The van der Waals surface area contributed by atoms with Crippen LogP contribution >= 0.6 is 0 Å². The van der Waals surface area contributed by atoms with Gasteiger partial charge in [-0.2, -0.15) is 4.98 Å². The van der Waals surface area contributed by atoms with Crippen LogP contribution in [-0.4, -0.2) is 61.1 Å². The maximum Gasteiger partial charge on any atom is 0.263 e. The van der Waals surface area contributed by atoms with Crippen LogP contribution in [-0.2, 0) is 0 Å². The summed E-state index contributed by atoms with van der Waals surface area (Å²) in [7, 11) is 0. The molecular weight excluding hydrogens is 379 g/mol. The minimum atomic E-state index is -0.586. The van der Waals surface area contributed by atoms with E-state index in [1.54, 1.807) is 0 Å². The summed E-state index contributed by atoms with van der Waals surface area (Å²) in [4.78, 5) is 27.3. The molecule has 3 saturated heterocycles. The fraction of sp³-hybridized carbons (Fsp3) is 0.389. The highest BCUT2D eigenvalue weighted by molar-refractivity contribution is 6.11. The third-order valence-electron chi connectivity index (χ3n) is 5.48. The molecule has 3 aliphatic heterocycles. The van der Waals surface area contributed by atoms with Crippen molar-refractivity contribution < 1.29 is 13.9 Å². The third-order valence-corrected chi connectivity index (χ3v) is 5.48. The molecule has 0 spiro atoms. The number of carbonyl (C=O) groups excluding carboxylic acids is 1. The SMILES string of the molecule is Nc1nn2cc(F)cnc2c1C(=O)Nc1cncnc1OC1CN2CCC1CC2. The fourth-order valence-corrected chi connectivity index (χ4v) is 4.02. The van der Waals surface area contributed by atoms with Crippen molar-refractivity contribution in [2.75, 3.05) is 30.7 Å². The van der Waals surface area contributed by atoms with Crippen molar-refractivity contribution >= 4 is 23.1 Å². The van der Waals surface area contributed by atoms with E-state index in [1.807, 2.05) is 0 Å². The van der Waals surface area contributed by atoms with E-state index < -0.39 is 11.7 Å². The summed E-state index contributed by atoms with van der Waals surface area (Å²) < 4.78 is 20.6. The van der Waals surface area contributed by atoms with Gasteiger partial charge < -0.3 is 15.8 Å². The summed E-state index contributed by atoms with van der Waals surface area (Å²) in [6, 6.07) is 0. The van der Waals surface area contributed by atoms with Gasteiger partial charge in [0.05, 0.1) is 18.6 Å². The Kier molecular flexibility index (Phi) is 4.23. The number of hydrogen-bond donors (Lipinski definition) is 2. The van der Waals surface area contributed by atoms with E-state index in [4.69, 9.17) is 10.5 Å². The first-order valence-electron chi connectivity index (χ1n) is 9.38. The molecule has 29 heavy (non-hydrogen) atoms. The number of rotatable bonds is 4. The number of hydrogen-bond acceptors (Lipinski definition) is 8. The average Bonchev–Trinajstić information content (AvgIpc) is 3.05. The zero-order chi connectivity index (χ0) is 20.0. The number of ether oxygens (including phenoxy) is 1. The van der Waals surface area contributed by atoms with Gasteiger partial charge in [-0.1, -0.05) is 0 Å². The number of nitrogens with two attached hydrogens (primary N) is 1. The lowest BCUT2D eigenvalue weighted by molar-refractivity contribution is -0.00962. The lowest BCUT2D eigenvalue weighted by Crippen LogP contribution is -2.52. The molecule has 11 heteroatoms. The molecule has 1 atom stereocenters. The van der Waals surface area contributed by atoms with Gasteiger partial charge in [0.15, 0.2) is 17.3 Å². The average molecular weight is 398 g/mol. The smallest absolute Gasteiger partial charge is 0.263 e. The number of nitrogen functional groups attached to an aromatic ring is 1. The standard InChI is InChI=1S/C18H19FN8O2/c19-11-5-22-16-14(15(20)25-27(16)7-11)17(28)24-12-6-21-9-23-18(12)29-13-8-26-3-1-10(13)2-4-26/h5-7,9-10,13H,1-4,8H2,(H2,20,25)(H,24,28). The second kappa shape index (κ2) is 6.92. The Morgan fingerprint density at radius 3 is 2.86 bits per heavy atom. The van der Waals surface area contributed by atoms with Gasteiger partial charge in [-0.05, 0) is 31.8 Å². The van der Waals surface area contributed by atoms with Gasteiger partial charge in [-0.3, -0.25) is 9.69 Å². The number of aromatic nitrogens is 5. The third kappa shape index (κ3) is 3.23. The van der Waals surface area contributed by atoms with Gasteiger partial charge >= 0.3 is 0 Å². The highest BCUT2D eigenvalue weighted by atomic mass is 19.1. The topological polar surface area (TPSA) is 124 Å². The Bertz CT molecular complexity index is 1080. The minimum Gasteiger partial charge on any atom is -0.471 e. The Hall–Kier alpha value is -3.34. The van der Waals surface area contributed by atoms with Crippen molar-refractivity contribution in [1.82, 2.24) is 29.5 Å². The van der Waals surface area contributed by atoms with Crippen LogP contribution in [0.3, 0.4) is 0 Å². The van der Waals surface area contributed by atoms with Gasteiger partial charge in [0.25, 0.3) is 5.91 Å². The van der Waals surface area contributed by atoms with Crippen molar-refractivity contribution in [3.8, 4) is 5.88 Å². The van der Waals surface area contributed by atoms with Crippen LogP contribution in [0, 0.1) is 11.7 Å². The molecule has 0 aromatic carbocycles. The molecular formula is C18H19FN8O2. The number of nitrogens with zero attached hydrogens (tertiary/aromatic N) is 6. The summed E-state index contributed by atoms with van der Waals surface area (Å²) in [5.74, 6) is -0.409. The van der Waals surface area contributed by atoms with Crippen molar-refractivity contribution in [3.63, 3.8) is 0 Å². The Morgan fingerprint density at radius 1 is 1.28 bits per heavy atom. The summed E-state index contributed by atoms with van der Waals surface area (Å²) in [5, 5.41) is 6.67. The first kappa shape index (κ1) is 17.7. The minimum absolute atomic E-state index is 0.0229. The molecule has 1 amide bonds. The van der Waals surface area contributed by atoms with Crippen LogP contribution in [0.1, 0.15) is 23.2 Å². The second-order valence-corrected chi connectivity index (χ2v) is 7.29. The number of fused-ring (bicyclic) bond motifs is 4. The van der Waals surface area contributed by atoms with Crippen LogP contribution in [0.15, 0.2) is 24.9 Å². The van der Waals surface area contributed by atoms with Crippen LogP contribution in [0.5, 0.6) is 5.88 Å². The molecule has 0 saturated carbocycles. The van der Waals surface area contributed by atoms with Crippen LogP contribution in [0.25, 0.3) is 5.65 Å². The molecule has 1 unspecified atom stereocenters. The lowest BCUT2D eigenvalue weighted by atomic mass is 9.86.